The van der Waals surface area contributed by atoms with E-state index in [4.69, 9.17) is 11.6 Å². The van der Waals surface area contributed by atoms with E-state index in [0.29, 0.717) is 11.1 Å². The van der Waals surface area contributed by atoms with E-state index in [1.165, 1.54) is 37.3 Å². The number of thioether (sulfide) groups is 1. The van der Waals surface area contributed by atoms with Crippen LogP contribution in [0.1, 0.15) is 18.4 Å². The Kier molecular flexibility index (Phi) is 4.92. The number of carbonyl (C=O) groups is 1. The van der Waals surface area contributed by atoms with Gasteiger partial charge in [0.25, 0.3) is 0 Å². The van der Waals surface area contributed by atoms with E-state index in [2.05, 4.69) is 10.1 Å². The quantitative estimate of drug-likeness (QED) is 0.644. The largest absolute Gasteiger partial charge is 0.468 e. The first-order valence-electron chi connectivity index (χ1n) is 5.90. The molecule has 0 atom stereocenters. The van der Waals surface area contributed by atoms with Gasteiger partial charge in [-0.05, 0) is 30.5 Å². The van der Waals surface area contributed by atoms with Crippen molar-refractivity contribution in [2.75, 3.05) is 12.9 Å². The lowest BCUT2D eigenvalue weighted by molar-refractivity contribution is -0.137. The number of benzene rings is 1. The van der Waals surface area contributed by atoms with Crippen LogP contribution in [0.5, 0.6) is 0 Å². The van der Waals surface area contributed by atoms with Crippen molar-refractivity contribution in [3.8, 4) is 0 Å². The number of ether oxygens (including phenoxy) is 1. The molecule has 0 aromatic heterocycles. The molecule has 1 N–H and O–H groups in total. The Balaban J connectivity index is 1.89. The zero-order chi connectivity index (χ0) is 13.0. The van der Waals surface area contributed by atoms with E-state index >= 15 is 0 Å². The molecule has 1 aliphatic carbocycles. The van der Waals surface area contributed by atoms with Crippen molar-refractivity contribution < 1.29 is 9.53 Å². The van der Waals surface area contributed by atoms with E-state index in [1.807, 2.05) is 18.2 Å². The average Bonchev–Trinajstić information content (AvgIpc) is 3.18. The zero-order valence-corrected chi connectivity index (χ0v) is 11.8. The third-order valence-corrected chi connectivity index (χ3v) is 4.21. The molecule has 0 unspecified atom stereocenters. The summed E-state index contributed by atoms with van der Waals surface area (Å²) in [5, 5.41) is 4.13. The summed E-state index contributed by atoms with van der Waals surface area (Å²) >= 11 is 7.58. The van der Waals surface area contributed by atoms with Gasteiger partial charge in [0.15, 0.2) is 0 Å². The Morgan fingerprint density at radius 3 is 2.94 bits per heavy atom. The molecular formula is C13H16ClNO2S. The summed E-state index contributed by atoms with van der Waals surface area (Å²) in [4.78, 5) is 12.0. The molecule has 1 fully saturated rings. The predicted molar refractivity (Wildman–Crippen MR) is 74.1 cm³/mol. The minimum atomic E-state index is -0.240. The second-order valence-electron chi connectivity index (χ2n) is 4.28. The summed E-state index contributed by atoms with van der Waals surface area (Å²) in [6, 6.07) is 6.65. The molecule has 3 nitrogen and oxygen atoms in total. The van der Waals surface area contributed by atoms with E-state index in [0.717, 1.165) is 11.4 Å². The van der Waals surface area contributed by atoms with Gasteiger partial charge in [-0.1, -0.05) is 17.7 Å². The van der Waals surface area contributed by atoms with Gasteiger partial charge in [0.1, 0.15) is 0 Å². The number of nitrogens with one attached hydrogen (secondary N) is 1. The van der Waals surface area contributed by atoms with Gasteiger partial charge in [-0.25, -0.2) is 0 Å². The predicted octanol–water partition coefficient (Wildman–Crippen LogP) is 2.86. The third kappa shape index (κ3) is 4.19. The van der Waals surface area contributed by atoms with Gasteiger partial charge < -0.3 is 10.1 Å². The molecule has 18 heavy (non-hydrogen) atoms. The number of hydrogen-bond acceptors (Lipinski definition) is 4. The lowest BCUT2D eigenvalue weighted by atomic mass is 10.2. The lowest BCUT2D eigenvalue weighted by Crippen LogP contribution is -2.15. The number of hydrogen-bond donors (Lipinski definition) is 1. The number of carbonyl (C=O) groups excluding carboxylic acids is 1. The highest BCUT2D eigenvalue weighted by molar-refractivity contribution is 8.00. The molecule has 98 valence electrons. The lowest BCUT2D eigenvalue weighted by Gasteiger charge is -2.07. The molecule has 0 aliphatic heterocycles. The van der Waals surface area contributed by atoms with Crippen LogP contribution in [0.2, 0.25) is 5.02 Å². The molecule has 0 saturated heterocycles. The topological polar surface area (TPSA) is 38.3 Å². The molecule has 5 heteroatoms. The number of esters is 1. The molecule has 0 heterocycles. The molecule has 0 amide bonds. The van der Waals surface area contributed by atoms with Crippen LogP contribution in [-0.2, 0) is 16.1 Å². The molecule has 0 spiro atoms. The van der Waals surface area contributed by atoms with Crippen LogP contribution in [0.3, 0.4) is 0 Å². The van der Waals surface area contributed by atoms with Crippen LogP contribution in [0.25, 0.3) is 0 Å². The second-order valence-corrected chi connectivity index (χ2v) is 5.71. The SMILES string of the molecule is COC(=O)CSc1ccc(CNC2CC2)cc1Cl. The van der Waals surface area contributed by atoms with Crippen LogP contribution >= 0.6 is 23.4 Å². The Hall–Kier alpha value is -0.710. The fraction of sp³-hybridized carbons (Fsp3) is 0.462. The van der Waals surface area contributed by atoms with Crippen molar-refractivity contribution in [3.63, 3.8) is 0 Å². The Morgan fingerprint density at radius 2 is 2.33 bits per heavy atom. The van der Waals surface area contributed by atoms with E-state index < -0.39 is 0 Å². The third-order valence-electron chi connectivity index (χ3n) is 2.74. The molecular weight excluding hydrogens is 270 g/mol. The molecule has 1 saturated carbocycles. The number of methoxy groups -OCH3 is 1. The first-order valence-corrected chi connectivity index (χ1v) is 7.27. The maximum atomic E-state index is 11.1. The van der Waals surface area contributed by atoms with Crippen molar-refractivity contribution in [1.29, 1.82) is 0 Å². The van der Waals surface area contributed by atoms with Gasteiger partial charge >= 0.3 is 5.97 Å². The highest BCUT2D eigenvalue weighted by Crippen LogP contribution is 2.28. The summed E-state index contributed by atoms with van der Waals surface area (Å²) < 4.78 is 4.59. The monoisotopic (exact) mass is 285 g/mol. The normalized spacial score (nSPS) is 14.6. The fourth-order valence-corrected chi connectivity index (χ4v) is 2.64. The number of halogens is 1. The first kappa shape index (κ1) is 13.7. The summed E-state index contributed by atoms with van der Waals surface area (Å²) in [6.07, 6.45) is 2.56. The van der Waals surface area contributed by atoms with Gasteiger partial charge in [-0.2, -0.15) is 0 Å². The Bertz CT molecular complexity index is 435. The Labute approximate surface area is 116 Å². The van der Waals surface area contributed by atoms with Gasteiger partial charge in [-0.3, -0.25) is 4.79 Å². The summed E-state index contributed by atoms with van der Waals surface area (Å²) in [5.74, 6) is 0.0474. The number of rotatable bonds is 6. The van der Waals surface area contributed by atoms with Crippen molar-refractivity contribution in [2.45, 2.75) is 30.3 Å². The highest BCUT2D eigenvalue weighted by Gasteiger charge is 2.20. The molecule has 1 aliphatic rings. The molecule has 1 aromatic rings. The van der Waals surface area contributed by atoms with Crippen molar-refractivity contribution in [1.82, 2.24) is 5.32 Å². The standard InChI is InChI=1S/C13H16ClNO2S/c1-17-13(16)8-18-12-5-2-9(6-11(12)14)7-15-10-3-4-10/h2,5-6,10,15H,3-4,7-8H2,1H3. The smallest absolute Gasteiger partial charge is 0.315 e. The second kappa shape index (κ2) is 6.45. The summed E-state index contributed by atoms with van der Waals surface area (Å²) in [6.45, 7) is 0.854. The molecule has 0 bridgehead atoms. The van der Waals surface area contributed by atoms with E-state index in [9.17, 15) is 4.79 Å². The van der Waals surface area contributed by atoms with Gasteiger partial charge in [-0.15, -0.1) is 11.8 Å². The van der Waals surface area contributed by atoms with Gasteiger partial charge in [0, 0.05) is 17.5 Å². The van der Waals surface area contributed by atoms with Gasteiger partial charge in [0.05, 0.1) is 17.9 Å². The van der Waals surface area contributed by atoms with Crippen molar-refractivity contribution in [3.05, 3.63) is 28.8 Å². The van der Waals surface area contributed by atoms with Crippen LogP contribution in [0.4, 0.5) is 0 Å². The molecule has 1 aromatic carbocycles. The molecule has 0 radical (unpaired) electrons. The summed E-state index contributed by atoms with van der Waals surface area (Å²) in [7, 11) is 1.39. The molecule has 2 rings (SSSR count). The Morgan fingerprint density at radius 1 is 1.56 bits per heavy atom. The van der Waals surface area contributed by atoms with Crippen LogP contribution in [-0.4, -0.2) is 24.9 Å². The highest BCUT2D eigenvalue weighted by atomic mass is 35.5. The summed E-state index contributed by atoms with van der Waals surface area (Å²) in [5.41, 5.74) is 1.18. The van der Waals surface area contributed by atoms with Crippen molar-refractivity contribution >= 4 is 29.3 Å². The van der Waals surface area contributed by atoms with Crippen molar-refractivity contribution in [2.24, 2.45) is 0 Å². The zero-order valence-electron chi connectivity index (χ0n) is 10.2. The van der Waals surface area contributed by atoms with E-state index in [1.54, 1.807) is 0 Å². The van der Waals surface area contributed by atoms with Crippen LogP contribution < -0.4 is 5.32 Å². The minimum Gasteiger partial charge on any atom is -0.468 e. The van der Waals surface area contributed by atoms with Crippen LogP contribution in [0, 0.1) is 0 Å². The maximum absolute atomic E-state index is 11.1. The maximum Gasteiger partial charge on any atom is 0.315 e. The van der Waals surface area contributed by atoms with Gasteiger partial charge in [0.2, 0.25) is 0 Å². The first-order chi connectivity index (χ1) is 8.69. The average molecular weight is 286 g/mol. The van der Waals surface area contributed by atoms with E-state index in [-0.39, 0.29) is 11.7 Å². The fourth-order valence-electron chi connectivity index (χ4n) is 1.52. The van der Waals surface area contributed by atoms with Crippen LogP contribution in [0.15, 0.2) is 23.1 Å². The minimum absolute atomic E-state index is 0.240.